The maximum absolute atomic E-state index is 13.8. The lowest BCUT2D eigenvalue weighted by Crippen LogP contribution is -2.45. The Balaban J connectivity index is 1.24. The van der Waals surface area contributed by atoms with E-state index in [0.717, 1.165) is 37.9 Å². The van der Waals surface area contributed by atoms with Gasteiger partial charge in [-0.3, -0.25) is 9.78 Å². The number of hydrogen-bond acceptors (Lipinski definition) is 5. The molecular weight excluding hydrogens is 512 g/mol. The molecule has 8 nitrogen and oxygen atoms in total. The number of fused-ring (bicyclic) bond motifs is 1. The van der Waals surface area contributed by atoms with Gasteiger partial charge in [-0.05, 0) is 86.2 Å². The number of sulfonamides is 1. The number of methoxy groups -OCH3 is 1. The minimum Gasteiger partial charge on any atom is -0.497 e. The van der Waals surface area contributed by atoms with E-state index in [2.05, 4.69) is 21.7 Å². The van der Waals surface area contributed by atoms with Gasteiger partial charge in [0.15, 0.2) is 0 Å². The van der Waals surface area contributed by atoms with Crippen LogP contribution in [0, 0.1) is 13.8 Å². The summed E-state index contributed by atoms with van der Waals surface area (Å²) in [5.41, 5.74) is 4.98. The van der Waals surface area contributed by atoms with Crippen LogP contribution in [0.3, 0.4) is 0 Å². The van der Waals surface area contributed by atoms with Gasteiger partial charge in [-0.15, -0.1) is 0 Å². The molecule has 4 heterocycles. The summed E-state index contributed by atoms with van der Waals surface area (Å²) >= 11 is 0. The fourth-order valence-electron chi connectivity index (χ4n) is 6.13. The second kappa shape index (κ2) is 11.5. The first-order valence-corrected chi connectivity index (χ1v) is 15.2. The molecule has 0 radical (unpaired) electrons. The fourth-order valence-corrected chi connectivity index (χ4v) is 8.27. The number of aryl methyl sites for hydroxylation is 2. The molecule has 2 aromatic heterocycles. The molecule has 1 aromatic carbocycles. The van der Waals surface area contributed by atoms with Crippen molar-refractivity contribution in [3.63, 3.8) is 0 Å². The lowest BCUT2D eigenvalue weighted by molar-refractivity contribution is -0.133. The Hall–Kier alpha value is -3.17. The lowest BCUT2D eigenvalue weighted by atomic mass is 10.00. The molecule has 1 atom stereocenters. The molecule has 1 unspecified atom stereocenters. The van der Waals surface area contributed by atoms with Gasteiger partial charge in [0.25, 0.3) is 0 Å². The van der Waals surface area contributed by atoms with Gasteiger partial charge < -0.3 is 14.2 Å². The Morgan fingerprint density at radius 2 is 1.77 bits per heavy atom. The number of ether oxygens (including phenoxy) is 1. The number of benzene rings is 1. The van der Waals surface area contributed by atoms with E-state index in [0.29, 0.717) is 54.2 Å². The van der Waals surface area contributed by atoms with E-state index in [1.54, 1.807) is 23.5 Å². The number of rotatable bonds is 8. The summed E-state index contributed by atoms with van der Waals surface area (Å²) in [6.45, 7) is 6.16. The highest BCUT2D eigenvalue weighted by Crippen LogP contribution is 2.33. The number of aromatic nitrogens is 2. The average Bonchev–Trinajstić information content (AvgIpc) is 3.33. The van der Waals surface area contributed by atoms with Gasteiger partial charge in [0.05, 0.1) is 18.6 Å². The SMILES string of the molecule is COc1cc(C)c(S(=O)(=O)N2CCCCC2CCC(=O)N2CCn3c(Cc4ccncc4)ccc3C2)c(C)c1. The molecule has 0 aliphatic carbocycles. The molecule has 208 valence electrons. The van der Waals surface area contributed by atoms with E-state index in [9.17, 15) is 13.2 Å². The summed E-state index contributed by atoms with van der Waals surface area (Å²) in [6.07, 6.45) is 7.95. The largest absolute Gasteiger partial charge is 0.497 e. The highest BCUT2D eigenvalue weighted by atomic mass is 32.2. The minimum atomic E-state index is -3.69. The van der Waals surface area contributed by atoms with Crippen molar-refractivity contribution < 1.29 is 17.9 Å². The van der Waals surface area contributed by atoms with Crippen molar-refractivity contribution in [2.45, 2.75) is 76.4 Å². The van der Waals surface area contributed by atoms with E-state index in [1.807, 2.05) is 43.3 Å². The van der Waals surface area contributed by atoms with Gasteiger partial charge in [-0.1, -0.05) is 6.42 Å². The smallest absolute Gasteiger partial charge is 0.243 e. The van der Waals surface area contributed by atoms with Crippen LogP contribution < -0.4 is 4.74 Å². The van der Waals surface area contributed by atoms with Crippen LogP contribution in [0.4, 0.5) is 0 Å². The highest BCUT2D eigenvalue weighted by molar-refractivity contribution is 7.89. The second-order valence-electron chi connectivity index (χ2n) is 10.7. The molecular formula is C30H38N4O4S. The van der Waals surface area contributed by atoms with Crippen molar-refractivity contribution in [2.75, 3.05) is 20.2 Å². The van der Waals surface area contributed by atoms with Crippen LogP contribution >= 0.6 is 0 Å². The molecule has 0 N–H and O–H groups in total. The summed E-state index contributed by atoms with van der Waals surface area (Å²) in [5, 5.41) is 0. The third kappa shape index (κ3) is 5.75. The standard InChI is InChI=1S/C30H38N4O4S/c1-22-18-28(38-3)19-23(2)30(22)39(36,37)34-15-5-4-6-25(34)9-10-29(35)32-16-17-33-26(7-8-27(33)21-32)20-24-11-13-31-14-12-24/h7-8,11-14,18-19,25H,4-6,9-10,15-17,20-21H2,1-3H3. The molecule has 1 fully saturated rings. The predicted molar refractivity (Wildman–Crippen MR) is 150 cm³/mol. The molecule has 1 amide bonds. The van der Waals surface area contributed by atoms with Crippen LogP contribution in [0.25, 0.3) is 0 Å². The molecule has 2 aliphatic heterocycles. The molecule has 39 heavy (non-hydrogen) atoms. The summed E-state index contributed by atoms with van der Waals surface area (Å²) < 4.78 is 37.0. The summed E-state index contributed by atoms with van der Waals surface area (Å²) in [7, 11) is -2.10. The third-order valence-corrected chi connectivity index (χ3v) is 10.4. The Kier molecular flexibility index (Phi) is 8.09. The number of carbonyl (C=O) groups is 1. The van der Waals surface area contributed by atoms with Crippen LogP contribution in [0.2, 0.25) is 0 Å². The number of carbonyl (C=O) groups excluding carboxylic acids is 1. The van der Waals surface area contributed by atoms with Gasteiger partial charge in [0, 0.05) is 62.3 Å². The Bertz CT molecular complexity index is 1410. The first-order chi connectivity index (χ1) is 18.8. The molecule has 2 aliphatic rings. The summed E-state index contributed by atoms with van der Waals surface area (Å²) in [6, 6.07) is 11.7. The van der Waals surface area contributed by atoms with Crippen LogP contribution in [0.1, 0.15) is 60.2 Å². The zero-order chi connectivity index (χ0) is 27.6. The first-order valence-electron chi connectivity index (χ1n) is 13.8. The van der Waals surface area contributed by atoms with Gasteiger partial charge in [0.1, 0.15) is 5.75 Å². The number of amides is 1. The maximum Gasteiger partial charge on any atom is 0.243 e. The molecule has 0 bridgehead atoms. The third-order valence-electron chi connectivity index (χ3n) is 8.10. The van der Waals surface area contributed by atoms with E-state index in [4.69, 9.17) is 4.74 Å². The quantitative estimate of drug-likeness (QED) is 0.413. The van der Waals surface area contributed by atoms with Crippen molar-refractivity contribution in [1.82, 2.24) is 18.8 Å². The van der Waals surface area contributed by atoms with E-state index < -0.39 is 10.0 Å². The van der Waals surface area contributed by atoms with E-state index >= 15 is 0 Å². The number of pyridine rings is 1. The highest BCUT2D eigenvalue weighted by Gasteiger charge is 2.36. The average molecular weight is 551 g/mol. The van der Waals surface area contributed by atoms with Gasteiger partial charge in [-0.2, -0.15) is 4.31 Å². The zero-order valence-corrected chi connectivity index (χ0v) is 23.9. The normalized spacial score (nSPS) is 18.1. The van der Waals surface area contributed by atoms with Crippen molar-refractivity contribution in [2.24, 2.45) is 0 Å². The first kappa shape index (κ1) is 27.4. The number of hydrogen-bond donors (Lipinski definition) is 0. The molecule has 3 aromatic rings. The zero-order valence-electron chi connectivity index (χ0n) is 23.1. The van der Waals surface area contributed by atoms with Crippen LogP contribution in [0.15, 0.2) is 53.7 Å². The fraction of sp³-hybridized carbons (Fsp3) is 0.467. The van der Waals surface area contributed by atoms with Gasteiger partial charge in [0.2, 0.25) is 15.9 Å². The van der Waals surface area contributed by atoms with Gasteiger partial charge in [-0.25, -0.2) is 8.42 Å². The predicted octanol–water partition coefficient (Wildman–Crippen LogP) is 4.47. The number of piperidine rings is 1. The topological polar surface area (TPSA) is 84.7 Å². The molecule has 5 rings (SSSR count). The second-order valence-corrected chi connectivity index (χ2v) is 12.5. The van der Waals surface area contributed by atoms with Crippen molar-refractivity contribution in [1.29, 1.82) is 0 Å². The Morgan fingerprint density at radius 1 is 1.03 bits per heavy atom. The van der Waals surface area contributed by atoms with Crippen molar-refractivity contribution >= 4 is 15.9 Å². The Morgan fingerprint density at radius 3 is 2.49 bits per heavy atom. The molecule has 0 saturated carbocycles. The lowest BCUT2D eigenvalue weighted by Gasteiger charge is -2.36. The Labute approximate surface area is 231 Å². The monoisotopic (exact) mass is 550 g/mol. The minimum absolute atomic E-state index is 0.0952. The number of nitrogens with zero attached hydrogens (tertiary/aromatic N) is 4. The summed E-state index contributed by atoms with van der Waals surface area (Å²) in [4.78, 5) is 19.7. The summed E-state index contributed by atoms with van der Waals surface area (Å²) in [5.74, 6) is 0.750. The van der Waals surface area contributed by atoms with Crippen LogP contribution in [-0.2, 0) is 34.3 Å². The molecule has 0 spiro atoms. The van der Waals surface area contributed by atoms with Gasteiger partial charge >= 0.3 is 0 Å². The van der Waals surface area contributed by atoms with Crippen LogP contribution in [0.5, 0.6) is 5.75 Å². The van der Waals surface area contributed by atoms with E-state index in [1.165, 1.54) is 11.3 Å². The van der Waals surface area contributed by atoms with Crippen molar-refractivity contribution in [3.05, 3.63) is 76.9 Å². The van der Waals surface area contributed by atoms with E-state index in [-0.39, 0.29) is 11.9 Å². The van der Waals surface area contributed by atoms with Crippen molar-refractivity contribution in [3.8, 4) is 5.75 Å². The molecule has 9 heteroatoms. The molecule has 1 saturated heterocycles. The maximum atomic E-state index is 13.8. The van der Waals surface area contributed by atoms with Crippen LogP contribution in [-0.4, -0.2) is 59.3 Å².